The summed E-state index contributed by atoms with van der Waals surface area (Å²) in [5.41, 5.74) is 4.72. The summed E-state index contributed by atoms with van der Waals surface area (Å²) in [5, 5.41) is 14.1. The van der Waals surface area contributed by atoms with Gasteiger partial charge in [0, 0.05) is 49.3 Å². The fourth-order valence-corrected chi connectivity index (χ4v) is 3.97. The summed E-state index contributed by atoms with van der Waals surface area (Å²) >= 11 is 0. The third-order valence-corrected chi connectivity index (χ3v) is 5.61. The highest BCUT2D eigenvalue weighted by Gasteiger charge is 2.17. The Labute approximate surface area is 189 Å². The molecule has 10 heteroatoms. The first kappa shape index (κ1) is 20.6. The van der Waals surface area contributed by atoms with E-state index >= 15 is 0 Å². The molecule has 5 rings (SSSR count). The van der Waals surface area contributed by atoms with Crippen molar-refractivity contribution < 1.29 is 0 Å². The van der Waals surface area contributed by atoms with Gasteiger partial charge in [0.15, 0.2) is 0 Å². The van der Waals surface area contributed by atoms with E-state index in [1.165, 1.54) is 0 Å². The van der Waals surface area contributed by atoms with Crippen LogP contribution in [0.15, 0.2) is 66.1 Å². The first-order valence-corrected chi connectivity index (χ1v) is 10.7. The van der Waals surface area contributed by atoms with Gasteiger partial charge in [-0.1, -0.05) is 37.6 Å². The van der Waals surface area contributed by atoms with Crippen molar-refractivity contribution in [2.75, 3.05) is 0 Å². The highest BCUT2D eigenvalue weighted by molar-refractivity contribution is 5.69. The van der Waals surface area contributed by atoms with Gasteiger partial charge in [-0.05, 0) is 34.4 Å². The fraction of sp³-hybridized carbons (Fsp3) is 0.217. The van der Waals surface area contributed by atoms with Gasteiger partial charge in [-0.3, -0.25) is 9.55 Å². The molecule has 5 aromatic rings. The first-order chi connectivity index (χ1) is 16.2. The van der Waals surface area contributed by atoms with Crippen LogP contribution < -0.4 is 5.69 Å². The molecule has 1 N–H and O–H groups in total. The number of aromatic nitrogens is 9. The number of benzene rings is 1. The maximum absolute atomic E-state index is 13.4. The average molecular weight is 441 g/mol. The van der Waals surface area contributed by atoms with Crippen LogP contribution in [0.2, 0.25) is 0 Å². The summed E-state index contributed by atoms with van der Waals surface area (Å²) in [5.74, 6) is 1.14. The van der Waals surface area contributed by atoms with Crippen molar-refractivity contribution in [2.24, 2.45) is 7.05 Å². The van der Waals surface area contributed by atoms with Gasteiger partial charge >= 0.3 is 5.69 Å². The summed E-state index contributed by atoms with van der Waals surface area (Å²) in [4.78, 5) is 22.0. The summed E-state index contributed by atoms with van der Waals surface area (Å²) in [6, 6.07) is 9.91. The molecule has 166 valence electrons. The molecule has 0 aliphatic rings. The van der Waals surface area contributed by atoms with Gasteiger partial charge in [0.25, 0.3) is 0 Å². The average Bonchev–Trinajstić information content (AvgIpc) is 3.58. The van der Waals surface area contributed by atoms with Gasteiger partial charge in [-0.2, -0.15) is 5.21 Å². The molecule has 0 bridgehead atoms. The molecule has 10 nitrogen and oxygen atoms in total. The zero-order valence-electron chi connectivity index (χ0n) is 18.4. The number of nitrogens with one attached hydrogen (secondary N) is 1. The number of pyridine rings is 1. The van der Waals surface area contributed by atoms with Crippen LogP contribution in [0.3, 0.4) is 0 Å². The van der Waals surface area contributed by atoms with Crippen molar-refractivity contribution in [1.82, 2.24) is 44.3 Å². The van der Waals surface area contributed by atoms with E-state index in [4.69, 9.17) is 0 Å². The molecule has 0 spiro atoms. The molecule has 0 aliphatic heterocycles. The molecule has 0 radical (unpaired) electrons. The lowest BCUT2D eigenvalue weighted by molar-refractivity contribution is 0.682. The second kappa shape index (κ2) is 8.65. The molecule has 33 heavy (non-hydrogen) atoms. The Bertz CT molecular complexity index is 1430. The number of tetrazole rings is 1. The maximum Gasteiger partial charge on any atom is 0.335 e. The normalized spacial score (nSPS) is 11.2. The first-order valence-electron chi connectivity index (χ1n) is 10.7. The zero-order chi connectivity index (χ0) is 22.8. The van der Waals surface area contributed by atoms with Gasteiger partial charge in [0.1, 0.15) is 0 Å². The van der Waals surface area contributed by atoms with Crippen molar-refractivity contribution in [1.29, 1.82) is 0 Å². The number of aromatic amines is 1. The highest BCUT2D eigenvalue weighted by Crippen LogP contribution is 2.26. The molecule has 0 saturated heterocycles. The molecule has 0 saturated carbocycles. The largest absolute Gasteiger partial charge is 0.335 e. The molecule has 0 unspecified atom stereocenters. The van der Waals surface area contributed by atoms with Crippen LogP contribution in [-0.2, 0) is 20.0 Å². The second-order valence-corrected chi connectivity index (χ2v) is 7.79. The summed E-state index contributed by atoms with van der Waals surface area (Å²) in [6.07, 6.45) is 10.7. The van der Waals surface area contributed by atoms with Gasteiger partial charge in [-0.15, -0.1) is 10.2 Å². The van der Waals surface area contributed by atoms with Gasteiger partial charge < -0.3 is 4.57 Å². The molecular weight excluding hydrogens is 418 g/mol. The molecule has 0 amide bonds. The molecule has 0 fully saturated rings. The Morgan fingerprint density at radius 3 is 2.58 bits per heavy atom. The Morgan fingerprint density at radius 1 is 1.06 bits per heavy atom. The minimum Gasteiger partial charge on any atom is -0.320 e. The monoisotopic (exact) mass is 441 g/mol. The minimum absolute atomic E-state index is 0.116. The number of hydrogen-bond acceptors (Lipinski definition) is 6. The number of H-pyrrole nitrogens is 1. The fourth-order valence-electron chi connectivity index (χ4n) is 3.97. The number of rotatable bonds is 7. The van der Waals surface area contributed by atoms with Crippen molar-refractivity contribution >= 4 is 0 Å². The smallest absolute Gasteiger partial charge is 0.320 e. The minimum atomic E-state index is -0.116. The quantitative estimate of drug-likeness (QED) is 0.415. The summed E-state index contributed by atoms with van der Waals surface area (Å²) in [7, 11) is 1.88. The van der Waals surface area contributed by atoms with Crippen LogP contribution >= 0.6 is 0 Å². The Morgan fingerprint density at radius 2 is 1.88 bits per heavy atom. The van der Waals surface area contributed by atoms with Crippen LogP contribution in [0.25, 0.3) is 28.5 Å². The predicted octanol–water partition coefficient (Wildman–Crippen LogP) is 2.62. The molecule has 4 heterocycles. The lowest BCUT2D eigenvalue weighted by Crippen LogP contribution is -2.26. The van der Waals surface area contributed by atoms with Crippen LogP contribution in [0.4, 0.5) is 0 Å². The molecule has 1 aromatic carbocycles. The van der Waals surface area contributed by atoms with Crippen LogP contribution in [-0.4, -0.2) is 44.3 Å². The van der Waals surface area contributed by atoms with E-state index in [2.05, 4.69) is 37.5 Å². The number of nitrogens with zero attached hydrogens (tertiary/aromatic N) is 8. The lowest BCUT2D eigenvalue weighted by Gasteiger charge is -2.12. The zero-order valence-corrected chi connectivity index (χ0v) is 18.4. The Balaban J connectivity index is 1.53. The third kappa shape index (κ3) is 3.86. The van der Waals surface area contributed by atoms with Crippen molar-refractivity contribution in [3.05, 3.63) is 83.1 Å². The molecule has 4 aromatic heterocycles. The second-order valence-electron chi connectivity index (χ2n) is 7.79. The molecule has 0 atom stereocenters. The van der Waals surface area contributed by atoms with Crippen LogP contribution in [0.5, 0.6) is 0 Å². The van der Waals surface area contributed by atoms with E-state index in [1.54, 1.807) is 17.0 Å². The Kier molecular flexibility index (Phi) is 5.39. The summed E-state index contributed by atoms with van der Waals surface area (Å²) in [6.45, 7) is 2.52. The van der Waals surface area contributed by atoms with E-state index in [9.17, 15) is 4.79 Å². The lowest BCUT2D eigenvalue weighted by atomic mass is 10.00. The predicted molar refractivity (Wildman–Crippen MR) is 123 cm³/mol. The van der Waals surface area contributed by atoms with Crippen LogP contribution in [0.1, 0.15) is 24.6 Å². The van der Waals surface area contributed by atoms with Crippen molar-refractivity contribution in [2.45, 2.75) is 26.3 Å². The van der Waals surface area contributed by atoms with Gasteiger partial charge in [-0.25, -0.2) is 14.3 Å². The third-order valence-electron chi connectivity index (χ3n) is 5.61. The molecule has 0 aliphatic carbocycles. The van der Waals surface area contributed by atoms with Crippen molar-refractivity contribution in [3.8, 4) is 28.5 Å². The number of imidazole rings is 2. The van der Waals surface area contributed by atoms with Gasteiger partial charge in [0.05, 0.1) is 6.54 Å². The van der Waals surface area contributed by atoms with E-state index < -0.39 is 0 Å². The van der Waals surface area contributed by atoms with E-state index in [0.29, 0.717) is 18.3 Å². The van der Waals surface area contributed by atoms with E-state index in [1.807, 2.05) is 65.1 Å². The SMILES string of the molecule is CCCc1cn(-c2nccn2C)c(=O)n1Cc1cnccc1-c1ccc(-c2nn[nH]n2)cc1. The van der Waals surface area contributed by atoms with E-state index in [-0.39, 0.29) is 5.69 Å². The van der Waals surface area contributed by atoms with Gasteiger partial charge in [0.2, 0.25) is 11.8 Å². The number of aryl methyl sites for hydroxylation is 2. The highest BCUT2D eigenvalue weighted by atomic mass is 16.1. The number of hydrogen-bond donors (Lipinski definition) is 1. The van der Waals surface area contributed by atoms with Crippen molar-refractivity contribution in [3.63, 3.8) is 0 Å². The standard InChI is InChI=1S/C23H23N9O/c1-3-4-19-15-32(22-25-11-12-30(22)2)23(33)31(19)14-18-13-24-10-9-20(18)16-5-7-17(8-6-16)21-26-28-29-27-21/h5-13,15H,3-4,14H2,1-2H3,(H,26,27,28,29). The molecular formula is C23H23N9O. The maximum atomic E-state index is 13.4. The van der Waals surface area contributed by atoms with E-state index in [0.717, 1.165) is 40.8 Å². The Hall–Kier alpha value is -4.34. The topological polar surface area (TPSA) is 112 Å². The summed E-state index contributed by atoms with van der Waals surface area (Å²) < 4.78 is 5.26. The van der Waals surface area contributed by atoms with Crippen LogP contribution in [0, 0.1) is 0 Å².